The van der Waals surface area contributed by atoms with Crippen molar-refractivity contribution in [2.45, 2.75) is 84.3 Å². The molecule has 0 unspecified atom stereocenters. The van der Waals surface area contributed by atoms with Gasteiger partial charge in [-0.2, -0.15) is 0 Å². The molecule has 1 N–H and O–H groups in total. The van der Waals surface area contributed by atoms with Crippen LogP contribution < -0.4 is 4.74 Å². The lowest BCUT2D eigenvalue weighted by molar-refractivity contribution is 0.241. The summed E-state index contributed by atoms with van der Waals surface area (Å²) in [4.78, 5) is 4.72. The van der Waals surface area contributed by atoms with E-state index in [4.69, 9.17) is 9.73 Å². The Morgan fingerprint density at radius 2 is 1.83 bits per heavy atom. The van der Waals surface area contributed by atoms with E-state index in [1.165, 1.54) is 19.3 Å². The number of rotatable bonds is 4. The van der Waals surface area contributed by atoms with Crippen LogP contribution in [0.25, 0.3) is 0 Å². The van der Waals surface area contributed by atoms with Crippen molar-refractivity contribution in [1.82, 2.24) is 0 Å². The summed E-state index contributed by atoms with van der Waals surface area (Å²) in [6.07, 6.45) is 8.11. The number of benzene rings is 1. The van der Waals surface area contributed by atoms with Gasteiger partial charge in [-0.15, -0.1) is 0 Å². The van der Waals surface area contributed by atoms with E-state index in [9.17, 15) is 5.11 Å². The highest BCUT2D eigenvalue weighted by Crippen LogP contribution is 2.36. The minimum Gasteiger partial charge on any atom is -0.507 e. The minimum atomic E-state index is -0.145. The number of aliphatic imine (C=N–C) groups is 1. The van der Waals surface area contributed by atoms with Crippen LogP contribution in [0, 0.1) is 0 Å². The molecule has 1 fully saturated rings. The molecule has 0 aliphatic heterocycles. The highest BCUT2D eigenvalue weighted by atomic mass is 16.5. The topological polar surface area (TPSA) is 41.8 Å². The normalized spacial score (nSPS) is 17.1. The molecule has 128 valence electrons. The van der Waals surface area contributed by atoms with E-state index in [0.29, 0.717) is 11.8 Å². The molecule has 3 nitrogen and oxygen atoms in total. The fraction of sp³-hybridized carbons (Fsp3) is 0.650. The number of ether oxygens (including phenoxy) is 1. The van der Waals surface area contributed by atoms with Crippen molar-refractivity contribution in [2.75, 3.05) is 0 Å². The standard InChI is InChI=1S/C20H31NO2/c1-14(2)23-17-11-15(13-21-16-9-7-6-8-10-16)19(22)18(12-17)20(3,4)5/h11-14,16,22H,6-10H2,1-5H3. The first-order chi connectivity index (χ1) is 10.8. The number of phenolic OH excluding ortho intramolecular Hbond substituents is 1. The smallest absolute Gasteiger partial charge is 0.128 e. The summed E-state index contributed by atoms with van der Waals surface area (Å²) in [6.45, 7) is 10.3. The number of hydrogen-bond donors (Lipinski definition) is 1. The maximum atomic E-state index is 10.7. The van der Waals surface area contributed by atoms with Gasteiger partial charge in [0.05, 0.1) is 6.10 Å². The maximum Gasteiger partial charge on any atom is 0.128 e. The van der Waals surface area contributed by atoms with Gasteiger partial charge in [0.1, 0.15) is 11.5 Å². The molecule has 1 aliphatic carbocycles. The molecule has 1 saturated carbocycles. The lowest BCUT2D eigenvalue weighted by Gasteiger charge is -2.23. The number of phenols is 1. The molecule has 1 aromatic carbocycles. The monoisotopic (exact) mass is 317 g/mol. The van der Waals surface area contributed by atoms with Gasteiger partial charge in [-0.1, -0.05) is 40.0 Å². The first-order valence-electron chi connectivity index (χ1n) is 8.84. The molecular weight excluding hydrogens is 286 g/mol. The Morgan fingerprint density at radius 3 is 2.39 bits per heavy atom. The number of hydrogen-bond acceptors (Lipinski definition) is 3. The second-order valence-corrected chi connectivity index (χ2v) is 7.90. The summed E-state index contributed by atoms with van der Waals surface area (Å²) < 4.78 is 5.86. The highest BCUT2D eigenvalue weighted by Gasteiger charge is 2.22. The Hall–Kier alpha value is -1.51. The largest absolute Gasteiger partial charge is 0.507 e. The predicted octanol–water partition coefficient (Wildman–Crippen LogP) is 5.23. The van der Waals surface area contributed by atoms with Crippen LogP contribution in [0.5, 0.6) is 11.5 Å². The van der Waals surface area contributed by atoms with Crippen LogP contribution in [0.2, 0.25) is 0 Å². The Labute approximate surface area is 140 Å². The Balaban J connectivity index is 2.34. The lowest BCUT2D eigenvalue weighted by Crippen LogP contribution is -2.14. The van der Waals surface area contributed by atoms with Gasteiger partial charge in [-0.05, 0) is 44.2 Å². The molecule has 0 amide bonds. The zero-order chi connectivity index (χ0) is 17.0. The summed E-state index contributed by atoms with van der Waals surface area (Å²) in [5, 5.41) is 10.7. The average Bonchev–Trinajstić information content (AvgIpc) is 2.47. The molecule has 0 aromatic heterocycles. The van der Waals surface area contributed by atoms with Gasteiger partial charge in [0.2, 0.25) is 0 Å². The van der Waals surface area contributed by atoms with Crippen LogP contribution in [-0.2, 0) is 5.41 Å². The quantitative estimate of drug-likeness (QED) is 0.773. The van der Waals surface area contributed by atoms with Gasteiger partial charge in [0, 0.05) is 23.4 Å². The van der Waals surface area contributed by atoms with Gasteiger partial charge >= 0.3 is 0 Å². The van der Waals surface area contributed by atoms with Crippen LogP contribution in [0.15, 0.2) is 17.1 Å². The van der Waals surface area contributed by atoms with E-state index in [1.807, 2.05) is 32.2 Å². The SMILES string of the molecule is CC(C)Oc1cc(C=NC2CCCCC2)c(O)c(C(C)(C)C)c1. The first-order valence-corrected chi connectivity index (χ1v) is 8.84. The number of nitrogens with zero attached hydrogens (tertiary/aromatic N) is 1. The van der Waals surface area contributed by atoms with Crippen molar-refractivity contribution in [3.8, 4) is 11.5 Å². The molecule has 3 heteroatoms. The van der Waals surface area contributed by atoms with Gasteiger partial charge in [-0.25, -0.2) is 0 Å². The van der Waals surface area contributed by atoms with Gasteiger partial charge < -0.3 is 9.84 Å². The third kappa shape index (κ3) is 4.98. The molecule has 0 heterocycles. The van der Waals surface area contributed by atoms with E-state index in [-0.39, 0.29) is 11.5 Å². The third-order valence-corrected chi connectivity index (χ3v) is 4.29. The summed E-state index contributed by atoms with van der Waals surface area (Å²) in [7, 11) is 0. The van der Waals surface area contributed by atoms with Crippen LogP contribution in [0.3, 0.4) is 0 Å². The molecule has 1 aliphatic rings. The van der Waals surface area contributed by atoms with Crippen LogP contribution in [0.4, 0.5) is 0 Å². The van der Waals surface area contributed by atoms with E-state index in [2.05, 4.69) is 20.8 Å². The zero-order valence-electron chi connectivity index (χ0n) is 15.2. The third-order valence-electron chi connectivity index (χ3n) is 4.29. The van der Waals surface area contributed by atoms with Crippen LogP contribution >= 0.6 is 0 Å². The summed E-state index contributed by atoms with van der Waals surface area (Å²) in [5.41, 5.74) is 1.52. The molecule has 0 radical (unpaired) electrons. The lowest BCUT2D eigenvalue weighted by atomic mass is 9.85. The molecule has 0 bridgehead atoms. The summed E-state index contributed by atoms with van der Waals surface area (Å²) in [5.74, 6) is 1.13. The van der Waals surface area contributed by atoms with Gasteiger partial charge in [-0.3, -0.25) is 4.99 Å². The van der Waals surface area contributed by atoms with Crippen molar-refractivity contribution in [3.63, 3.8) is 0 Å². The first kappa shape index (κ1) is 17.8. The van der Waals surface area contributed by atoms with Crippen LogP contribution in [0.1, 0.15) is 77.8 Å². The maximum absolute atomic E-state index is 10.7. The van der Waals surface area contributed by atoms with E-state index >= 15 is 0 Å². The molecule has 0 saturated heterocycles. The summed E-state index contributed by atoms with van der Waals surface area (Å²) >= 11 is 0. The van der Waals surface area contributed by atoms with Gasteiger partial charge in [0.15, 0.2) is 0 Å². The van der Waals surface area contributed by atoms with Crippen molar-refractivity contribution < 1.29 is 9.84 Å². The van der Waals surface area contributed by atoms with E-state index in [0.717, 1.165) is 29.7 Å². The molecule has 0 spiro atoms. The fourth-order valence-corrected chi connectivity index (χ4v) is 3.06. The second kappa shape index (κ2) is 7.37. The molecule has 2 rings (SSSR count). The fourth-order valence-electron chi connectivity index (χ4n) is 3.06. The Bertz CT molecular complexity index is 549. The average molecular weight is 317 g/mol. The summed E-state index contributed by atoms with van der Waals surface area (Å²) in [6, 6.07) is 4.25. The van der Waals surface area contributed by atoms with Crippen molar-refractivity contribution in [3.05, 3.63) is 23.3 Å². The highest BCUT2D eigenvalue weighted by molar-refractivity contribution is 5.85. The van der Waals surface area contributed by atoms with Crippen molar-refractivity contribution in [2.24, 2.45) is 4.99 Å². The van der Waals surface area contributed by atoms with E-state index in [1.54, 1.807) is 0 Å². The van der Waals surface area contributed by atoms with E-state index < -0.39 is 0 Å². The molecule has 1 aromatic rings. The Morgan fingerprint density at radius 1 is 1.17 bits per heavy atom. The second-order valence-electron chi connectivity index (χ2n) is 7.90. The predicted molar refractivity (Wildman–Crippen MR) is 97.0 cm³/mol. The molecule has 23 heavy (non-hydrogen) atoms. The van der Waals surface area contributed by atoms with Crippen LogP contribution in [-0.4, -0.2) is 23.5 Å². The van der Waals surface area contributed by atoms with Gasteiger partial charge in [0.25, 0.3) is 0 Å². The minimum absolute atomic E-state index is 0.107. The van der Waals surface area contributed by atoms with Crippen molar-refractivity contribution in [1.29, 1.82) is 0 Å². The zero-order valence-corrected chi connectivity index (χ0v) is 15.2. The Kier molecular flexibility index (Phi) is 5.72. The van der Waals surface area contributed by atoms with Crippen molar-refractivity contribution >= 4 is 6.21 Å². The molecular formula is C20H31NO2. The number of aromatic hydroxyl groups is 1. The molecule has 0 atom stereocenters.